The maximum absolute atomic E-state index is 2.47. The lowest BCUT2D eigenvalue weighted by molar-refractivity contribution is 0.0728. The third-order valence-corrected chi connectivity index (χ3v) is 4.22. The van der Waals surface area contributed by atoms with E-state index in [0.29, 0.717) is 0 Å². The van der Waals surface area contributed by atoms with Gasteiger partial charge in [-0.25, -0.2) is 0 Å². The van der Waals surface area contributed by atoms with Crippen molar-refractivity contribution < 1.29 is 0 Å². The molecule has 1 aliphatic heterocycles. The van der Waals surface area contributed by atoms with Gasteiger partial charge in [0.05, 0.1) is 0 Å². The van der Waals surface area contributed by atoms with Crippen molar-refractivity contribution in [3.8, 4) is 0 Å². The molecule has 1 aliphatic rings. The van der Waals surface area contributed by atoms with E-state index < -0.39 is 0 Å². The van der Waals surface area contributed by atoms with E-state index in [1.165, 1.54) is 16.7 Å². The number of aryl methyl sites for hydroxylation is 1. The SMILES string of the molecule is Cc1cccc2c1C(C)(C)N(C)C2(C)C. The highest BCUT2D eigenvalue weighted by Gasteiger charge is 2.47. The summed E-state index contributed by atoms with van der Waals surface area (Å²) in [7, 11) is 2.22. The topological polar surface area (TPSA) is 3.24 Å². The molecule has 1 nitrogen and oxygen atoms in total. The van der Waals surface area contributed by atoms with Crippen molar-refractivity contribution in [2.75, 3.05) is 7.05 Å². The number of hydrogen-bond donors (Lipinski definition) is 0. The molecule has 1 heterocycles. The molecular weight excluding hydrogens is 182 g/mol. The Morgan fingerprint density at radius 3 is 2.13 bits per heavy atom. The molecule has 0 radical (unpaired) electrons. The van der Waals surface area contributed by atoms with Crippen molar-refractivity contribution in [3.63, 3.8) is 0 Å². The third-order valence-electron chi connectivity index (χ3n) is 4.22. The average molecular weight is 203 g/mol. The molecule has 15 heavy (non-hydrogen) atoms. The lowest BCUT2D eigenvalue weighted by atomic mass is 9.87. The minimum Gasteiger partial charge on any atom is -0.288 e. The number of hydrogen-bond acceptors (Lipinski definition) is 1. The summed E-state index contributed by atoms with van der Waals surface area (Å²) in [5.74, 6) is 0. The number of rotatable bonds is 0. The van der Waals surface area contributed by atoms with Gasteiger partial charge in [-0.2, -0.15) is 0 Å². The fraction of sp³-hybridized carbons (Fsp3) is 0.571. The highest BCUT2D eigenvalue weighted by atomic mass is 15.2. The standard InChI is InChI=1S/C14H21N/c1-10-8-7-9-11-12(10)14(4,5)15(6)13(11,2)3/h7-9H,1-6H3. The molecule has 0 spiro atoms. The minimum absolute atomic E-state index is 0.143. The molecule has 82 valence electrons. The first-order chi connectivity index (χ1) is 6.79. The van der Waals surface area contributed by atoms with Crippen LogP contribution in [0, 0.1) is 6.92 Å². The van der Waals surface area contributed by atoms with Crippen LogP contribution in [0.3, 0.4) is 0 Å². The zero-order chi connectivity index (χ0) is 11.4. The van der Waals surface area contributed by atoms with Crippen LogP contribution >= 0.6 is 0 Å². The molecule has 0 N–H and O–H groups in total. The van der Waals surface area contributed by atoms with Gasteiger partial charge in [0.25, 0.3) is 0 Å². The predicted molar refractivity (Wildman–Crippen MR) is 65.0 cm³/mol. The zero-order valence-corrected chi connectivity index (χ0v) is 10.7. The maximum atomic E-state index is 2.47. The first kappa shape index (κ1) is 10.7. The van der Waals surface area contributed by atoms with Gasteiger partial charge in [0.15, 0.2) is 0 Å². The van der Waals surface area contributed by atoms with E-state index in [2.05, 4.69) is 64.8 Å². The molecule has 0 aromatic heterocycles. The van der Waals surface area contributed by atoms with Crippen LogP contribution in [-0.2, 0) is 11.1 Å². The molecule has 0 atom stereocenters. The molecule has 0 aliphatic carbocycles. The van der Waals surface area contributed by atoms with Crippen molar-refractivity contribution in [1.82, 2.24) is 4.90 Å². The Bertz CT molecular complexity index is 402. The van der Waals surface area contributed by atoms with Crippen LogP contribution in [0.4, 0.5) is 0 Å². The Balaban J connectivity index is 2.77. The monoisotopic (exact) mass is 203 g/mol. The first-order valence-electron chi connectivity index (χ1n) is 5.64. The molecule has 0 unspecified atom stereocenters. The van der Waals surface area contributed by atoms with E-state index in [-0.39, 0.29) is 11.1 Å². The number of nitrogens with zero attached hydrogens (tertiary/aromatic N) is 1. The Morgan fingerprint density at radius 1 is 1.00 bits per heavy atom. The zero-order valence-electron chi connectivity index (χ0n) is 10.7. The molecular formula is C14H21N. The summed E-state index contributed by atoms with van der Waals surface area (Å²) in [6.45, 7) is 11.5. The van der Waals surface area contributed by atoms with Crippen molar-refractivity contribution in [2.45, 2.75) is 45.7 Å². The van der Waals surface area contributed by atoms with Gasteiger partial charge in [0.1, 0.15) is 0 Å². The molecule has 0 amide bonds. The second kappa shape index (κ2) is 2.85. The van der Waals surface area contributed by atoms with Crippen LogP contribution < -0.4 is 0 Å². The molecule has 1 heteroatoms. The van der Waals surface area contributed by atoms with E-state index in [9.17, 15) is 0 Å². The summed E-state index contributed by atoms with van der Waals surface area (Å²) in [5.41, 5.74) is 4.69. The van der Waals surface area contributed by atoms with Crippen molar-refractivity contribution in [3.05, 3.63) is 34.9 Å². The van der Waals surface area contributed by atoms with E-state index >= 15 is 0 Å². The minimum atomic E-state index is 0.143. The summed E-state index contributed by atoms with van der Waals surface area (Å²) < 4.78 is 0. The molecule has 0 saturated carbocycles. The van der Waals surface area contributed by atoms with Crippen LogP contribution in [-0.4, -0.2) is 11.9 Å². The molecule has 0 saturated heterocycles. The summed E-state index contributed by atoms with van der Waals surface area (Å²) in [4.78, 5) is 2.47. The molecule has 1 aromatic carbocycles. The van der Waals surface area contributed by atoms with E-state index in [1.807, 2.05) is 0 Å². The summed E-state index contributed by atoms with van der Waals surface area (Å²) in [5, 5.41) is 0. The Kier molecular flexibility index (Phi) is 2.03. The first-order valence-corrected chi connectivity index (χ1v) is 5.64. The van der Waals surface area contributed by atoms with Crippen LogP contribution in [0.1, 0.15) is 44.4 Å². The molecule has 0 bridgehead atoms. The van der Waals surface area contributed by atoms with Gasteiger partial charge in [-0.1, -0.05) is 18.2 Å². The highest BCUT2D eigenvalue weighted by Crippen LogP contribution is 2.49. The second-order valence-electron chi connectivity index (χ2n) is 5.67. The second-order valence-corrected chi connectivity index (χ2v) is 5.67. The van der Waals surface area contributed by atoms with Crippen LogP contribution in [0.5, 0.6) is 0 Å². The van der Waals surface area contributed by atoms with Crippen LogP contribution in [0.25, 0.3) is 0 Å². The Hall–Kier alpha value is -0.820. The predicted octanol–water partition coefficient (Wildman–Crippen LogP) is 3.41. The lowest BCUT2D eigenvalue weighted by Crippen LogP contribution is -2.42. The number of fused-ring (bicyclic) bond motifs is 1. The third kappa shape index (κ3) is 1.19. The van der Waals surface area contributed by atoms with Crippen molar-refractivity contribution >= 4 is 0 Å². The van der Waals surface area contributed by atoms with Gasteiger partial charge in [0, 0.05) is 11.1 Å². The normalized spacial score (nSPS) is 22.8. The quantitative estimate of drug-likeness (QED) is 0.624. The van der Waals surface area contributed by atoms with Crippen molar-refractivity contribution in [1.29, 1.82) is 0 Å². The largest absolute Gasteiger partial charge is 0.288 e. The molecule has 1 aromatic rings. The number of benzene rings is 1. The fourth-order valence-electron chi connectivity index (χ4n) is 3.04. The van der Waals surface area contributed by atoms with Crippen LogP contribution in [0.15, 0.2) is 18.2 Å². The average Bonchev–Trinajstić information content (AvgIpc) is 2.27. The van der Waals surface area contributed by atoms with Gasteiger partial charge < -0.3 is 0 Å². The Labute approximate surface area is 93.1 Å². The smallest absolute Gasteiger partial charge is 0.0415 e. The summed E-state index contributed by atoms with van der Waals surface area (Å²) in [6.07, 6.45) is 0. The molecule has 2 rings (SSSR count). The van der Waals surface area contributed by atoms with E-state index in [4.69, 9.17) is 0 Å². The molecule has 0 fully saturated rings. The Morgan fingerprint density at radius 2 is 1.60 bits per heavy atom. The van der Waals surface area contributed by atoms with Gasteiger partial charge in [-0.05, 0) is 58.4 Å². The van der Waals surface area contributed by atoms with E-state index in [0.717, 1.165) is 0 Å². The van der Waals surface area contributed by atoms with Gasteiger partial charge in [-0.15, -0.1) is 0 Å². The van der Waals surface area contributed by atoms with Crippen LogP contribution in [0.2, 0.25) is 0 Å². The summed E-state index contributed by atoms with van der Waals surface area (Å²) >= 11 is 0. The van der Waals surface area contributed by atoms with E-state index in [1.54, 1.807) is 0 Å². The highest BCUT2D eigenvalue weighted by molar-refractivity contribution is 5.47. The van der Waals surface area contributed by atoms with Gasteiger partial charge >= 0.3 is 0 Å². The summed E-state index contributed by atoms with van der Waals surface area (Å²) in [6, 6.07) is 6.66. The fourth-order valence-corrected chi connectivity index (χ4v) is 3.04. The van der Waals surface area contributed by atoms with Gasteiger partial charge in [-0.3, -0.25) is 4.90 Å². The lowest BCUT2D eigenvalue weighted by Gasteiger charge is -2.37. The van der Waals surface area contributed by atoms with Crippen molar-refractivity contribution in [2.24, 2.45) is 0 Å². The van der Waals surface area contributed by atoms with Gasteiger partial charge in [0.2, 0.25) is 0 Å². The maximum Gasteiger partial charge on any atom is 0.0415 e.